The van der Waals surface area contributed by atoms with E-state index in [2.05, 4.69) is 4.98 Å². The zero-order valence-electron chi connectivity index (χ0n) is 9.33. The smallest absolute Gasteiger partial charge is 0.335 e. The molecule has 4 nitrogen and oxygen atoms in total. The maximum Gasteiger partial charge on any atom is 0.335 e. The van der Waals surface area contributed by atoms with Gasteiger partial charge in [-0.15, -0.1) is 11.3 Å². The fourth-order valence-electron chi connectivity index (χ4n) is 1.51. The van der Waals surface area contributed by atoms with Crippen LogP contribution in [0.4, 0.5) is 5.69 Å². The molecule has 0 amide bonds. The highest BCUT2D eigenvalue weighted by atomic mass is 32.1. The summed E-state index contributed by atoms with van der Waals surface area (Å²) in [6, 6.07) is 6.82. The Kier molecular flexibility index (Phi) is 3.39. The summed E-state index contributed by atoms with van der Waals surface area (Å²) < 4.78 is 0. The van der Waals surface area contributed by atoms with Crippen molar-refractivity contribution in [3.8, 4) is 0 Å². The van der Waals surface area contributed by atoms with E-state index in [9.17, 15) is 4.79 Å². The molecule has 0 aliphatic carbocycles. The Labute approximate surface area is 103 Å². The Hall–Kier alpha value is -1.88. The maximum atomic E-state index is 10.7. The van der Waals surface area contributed by atoms with Gasteiger partial charge in [-0.25, -0.2) is 9.78 Å². The lowest BCUT2D eigenvalue weighted by molar-refractivity contribution is 0.0697. The van der Waals surface area contributed by atoms with Crippen LogP contribution in [0.15, 0.2) is 35.2 Å². The second kappa shape index (κ2) is 4.97. The van der Waals surface area contributed by atoms with Crippen molar-refractivity contribution in [2.24, 2.45) is 0 Å². The van der Waals surface area contributed by atoms with Gasteiger partial charge in [-0.2, -0.15) is 0 Å². The number of benzene rings is 1. The van der Waals surface area contributed by atoms with Crippen LogP contribution in [0.3, 0.4) is 0 Å². The van der Waals surface area contributed by atoms with Crippen molar-refractivity contribution in [1.29, 1.82) is 0 Å². The van der Waals surface area contributed by atoms with E-state index < -0.39 is 5.97 Å². The van der Waals surface area contributed by atoms with Crippen molar-refractivity contribution < 1.29 is 9.90 Å². The standard InChI is InChI=1S/C12H12N2O2S/c1-14(6-10-7-17-8-13-10)11-4-2-9(3-5-11)12(15)16/h2-5,7-8H,6H2,1H3,(H,15,16). The Bertz CT molecular complexity index is 494. The third-order valence-electron chi connectivity index (χ3n) is 2.44. The molecule has 17 heavy (non-hydrogen) atoms. The molecule has 0 atom stereocenters. The number of carbonyl (C=O) groups is 1. The molecule has 0 saturated heterocycles. The van der Waals surface area contributed by atoms with E-state index in [1.54, 1.807) is 41.1 Å². The fourth-order valence-corrected chi connectivity index (χ4v) is 2.06. The number of aromatic carboxylic acids is 1. The van der Waals surface area contributed by atoms with E-state index in [0.29, 0.717) is 5.56 Å². The highest BCUT2D eigenvalue weighted by molar-refractivity contribution is 7.07. The van der Waals surface area contributed by atoms with E-state index in [-0.39, 0.29) is 0 Å². The molecule has 2 rings (SSSR count). The van der Waals surface area contributed by atoms with Crippen molar-refractivity contribution in [3.63, 3.8) is 0 Å². The van der Waals surface area contributed by atoms with E-state index >= 15 is 0 Å². The topological polar surface area (TPSA) is 53.4 Å². The van der Waals surface area contributed by atoms with Crippen LogP contribution < -0.4 is 4.90 Å². The lowest BCUT2D eigenvalue weighted by atomic mass is 10.2. The fraction of sp³-hybridized carbons (Fsp3) is 0.167. The number of thiazole rings is 1. The molecule has 5 heteroatoms. The minimum Gasteiger partial charge on any atom is -0.478 e. The molecule has 2 aromatic rings. The first-order valence-corrected chi connectivity index (χ1v) is 6.02. The van der Waals surface area contributed by atoms with Crippen molar-refractivity contribution >= 4 is 23.0 Å². The van der Waals surface area contributed by atoms with Crippen LogP contribution in [0.1, 0.15) is 16.1 Å². The van der Waals surface area contributed by atoms with Gasteiger partial charge in [0, 0.05) is 18.1 Å². The highest BCUT2D eigenvalue weighted by Gasteiger charge is 2.06. The summed E-state index contributed by atoms with van der Waals surface area (Å²) in [7, 11) is 1.95. The molecule has 0 radical (unpaired) electrons. The quantitative estimate of drug-likeness (QED) is 0.903. The van der Waals surface area contributed by atoms with Gasteiger partial charge < -0.3 is 10.0 Å². The molecule has 0 unspecified atom stereocenters. The van der Waals surface area contributed by atoms with Gasteiger partial charge in [0.25, 0.3) is 0 Å². The molecule has 0 spiro atoms. The Morgan fingerprint density at radius 2 is 2.12 bits per heavy atom. The molecule has 0 bridgehead atoms. The van der Waals surface area contributed by atoms with Crippen molar-refractivity contribution in [2.75, 3.05) is 11.9 Å². The summed E-state index contributed by atoms with van der Waals surface area (Å²) in [6.07, 6.45) is 0. The van der Waals surface area contributed by atoms with Crippen LogP contribution in [0.2, 0.25) is 0 Å². The molecule has 1 aromatic heterocycles. The van der Waals surface area contributed by atoms with Crippen molar-refractivity contribution in [3.05, 3.63) is 46.4 Å². The van der Waals surface area contributed by atoms with Gasteiger partial charge in [-0.05, 0) is 24.3 Å². The van der Waals surface area contributed by atoms with E-state index in [0.717, 1.165) is 17.9 Å². The molecule has 0 fully saturated rings. The van der Waals surface area contributed by atoms with Gasteiger partial charge in [0.15, 0.2) is 0 Å². The zero-order chi connectivity index (χ0) is 12.3. The number of rotatable bonds is 4. The number of anilines is 1. The number of hydrogen-bond donors (Lipinski definition) is 1. The summed E-state index contributed by atoms with van der Waals surface area (Å²) in [4.78, 5) is 17.0. The van der Waals surface area contributed by atoms with Gasteiger partial charge in [0.2, 0.25) is 0 Å². The van der Waals surface area contributed by atoms with Crippen LogP contribution in [-0.4, -0.2) is 23.1 Å². The van der Waals surface area contributed by atoms with Crippen LogP contribution in [0.25, 0.3) is 0 Å². The van der Waals surface area contributed by atoms with Crippen molar-refractivity contribution in [1.82, 2.24) is 4.98 Å². The van der Waals surface area contributed by atoms with Gasteiger partial charge in [0.05, 0.1) is 23.3 Å². The van der Waals surface area contributed by atoms with E-state index in [1.165, 1.54) is 0 Å². The van der Waals surface area contributed by atoms with Crippen LogP contribution in [0.5, 0.6) is 0 Å². The average Bonchev–Trinajstić information content (AvgIpc) is 2.82. The Morgan fingerprint density at radius 3 is 2.65 bits per heavy atom. The normalized spacial score (nSPS) is 10.2. The Balaban J connectivity index is 2.09. The predicted octanol–water partition coefficient (Wildman–Crippen LogP) is 2.48. The Morgan fingerprint density at radius 1 is 1.41 bits per heavy atom. The highest BCUT2D eigenvalue weighted by Crippen LogP contribution is 2.16. The lowest BCUT2D eigenvalue weighted by Gasteiger charge is -2.18. The van der Waals surface area contributed by atoms with Crippen LogP contribution in [0, 0.1) is 0 Å². The molecular weight excluding hydrogens is 236 g/mol. The number of carboxylic acid groups (broad SMARTS) is 1. The molecular formula is C12H12N2O2S. The molecule has 1 heterocycles. The first-order chi connectivity index (χ1) is 8.16. The lowest BCUT2D eigenvalue weighted by Crippen LogP contribution is -2.16. The minimum absolute atomic E-state index is 0.302. The van der Waals surface area contributed by atoms with Crippen molar-refractivity contribution in [2.45, 2.75) is 6.54 Å². The third-order valence-corrected chi connectivity index (χ3v) is 3.07. The third kappa shape index (κ3) is 2.82. The molecule has 1 aromatic carbocycles. The summed E-state index contributed by atoms with van der Waals surface area (Å²) >= 11 is 1.57. The summed E-state index contributed by atoms with van der Waals surface area (Å²) in [5, 5.41) is 10.8. The first-order valence-electron chi connectivity index (χ1n) is 5.08. The number of aromatic nitrogens is 1. The molecule has 0 saturated carbocycles. The van der Waals surface area contributed by atoms with Crippen LogP contribution in [-0.2, 0) is 6.54 Å². The largest absolute Gasteiger partial charge is 0.478 e. The number of carboxylic acids is 1. The monoisotopic (exact) mass is 248 g/mol. The molecule has 88 valence electrons. The first kappa shape index (κ1) is 11.6. The minimum atomic E-state index is -0.904. The zero-order valence-corrected chi connectivity index (χ0v) is 10.1. The summed E-state index contributed by atoms with van der Waals surface area (Å²) in [5.74, 6) is -0.904. The SMILES string of the molecule is CN(Cc1cscn1)c1ccc(C(=O)O)cc1. The molecule has 0 aliphatic rings. The van der Waals surface area contributed by atoms with E-state index in [4.69, 9.17) is 5.11 Å². The second-order valence-electron chi connectivity index (χ2n) is 3.69. The van der Waals surface area contributed by atoms with Gasteiger partial charge >= 0.3 is 5.97 Å². The van der Waals surface area contributed by atoms with E-state index in [1.807, 2.05) is 17.3 Å². The van der Waals surface area contributed by atoms with Gasteiger partial charge in [-0.3, -0.25) is 0 Å². The maximum absolute atomic E-state index is 10.7. The summed E-state index contributed by atoms with van der Waals surface area (Å²) in [5.41, 5.74) is 4.09. The predicted molar refractivity (Wildman–Crippen MR) is 67.6 cm³/mol. The molecule has 1 N–H and O–H groups in total. The average molecular weight is 248 g/mol. The molecule has 0 aliphatic heterocycles. The second-order valence-corrected chi connectivity index (χ2v) is 4.41. The van der Waals surface area contributed by atoms with Gasteiger partial charge in [-0.1, -0.05) is 0 Å². The van der Waals surface area contributed by atoms with Gasteiger partial charge in [0.1, 0.15) is 0 Å². The summed E-state index contributed by atoms with van der Waals surface area (Å²) in [6.45, 7) is 0.718. The van der Waals surface area contributed by atoms with Crippen LogP contribution >= 0.6 is 11.3 Å². The number of nitrogens with zero attached hydrogens (tertiary/aromatic N) is 2. The number of hydrogen-bond acceptors (Lipinski definition) is 4.